The molecule has 0 aliphatic heterocycles. The SMILES string of the molecule is CNCc1cn[nH]c1S(=O)(=O)NCc1cccc(C)n1. The van der Waals surface area contributed by atoms with Gasteiger partial charge in [0.15, 0.2) is 5.03 Å². The first kappa shape index (κ1) is 14.6. The number of hydrogen-bond acceptors (Lipinski definition) is 5. The highest BCUT2D eigenvalue weighted by Crippen LogP contribution is 2.11. The minimum Gasteiger partial charge on any atom is -0.316 e. The number of sulfonamides is 1. The summed E-state index contributed by atoms with van der Waals surface area (Å²) in [5, 5.41) is 9.28. The summed E-state index contributed by atoms with van der Waals surface area (Å²) in [6, 6.07) is 5.48. The van der Waals surface area contributed by atoms with Gasteiger partial charge in [-0.2, -0.15) is 5.10 Å². The molecule has 0 aliphatic carbocycles. The number of hydrogen-bond donors (Lipinski definition) is 3. The van der Waals surface area contributed by atoms with E-state index in [1.165, 1.54) is 6.20 Å². The van der Waals surface area contributed by atoms with Crippen LogP contribution in [0.3, 0.4) is 0 Å². The molecule has 108 valence electrons. The molecular weight excluding hydrogens is 278 g/mol. The van der Waals surface area contributed by atoms with E-state index < -0.39 is 10.0 Å². The van der Waals surface area contributed by atoms with E-state index in [9.17, 15) is 8.42 Å². The zero-order chi connectivity index (χ0) is 14.6. The molecule has 0 aliphatic rings. The Morgan fingerprint density at radius 1 is 1.30 bits per heavy atom. The van der Waals surface area contributed by atoms with Crippen LogP contribution < -0.4 is 10.0 Å². The third-order valence-electron chi connectivity index (χ3n) is 2.70. The summed E-state index contributed by atoms with van der Waals surface area (Å²) < 4.78 is 26.9. The highest BCUT2D eigenvalue weighted by Gasteiger charge is 2.20. The molecule has 0 bridgehead atoms. The molecule has 0 amide bonds. The third-order valence-corrected chi connectivity index (χ3v) is 4.12. The molecule has 8 heteroatoms. The molecule has 20 heavy (non-hydrogen) atoms. The Balaban J connectivity index is 2.13. The maximum absolute atomic E-state index is 12.2. The molecule has 0 saturated carbocycles. The first-order valence-corrected chi connectivity index (χ1v) is 7.60. The molecule has 2 heterocycles. The molecule has 0 spiro atoms. The minimum absolute atomic E-state index is 0.0829. The number of aromatic nitrogens is 3. The molecule has 0 radical (unpaired) electrons. The molecule has 2 rings (SSSR count). The van der Waals surface area contributed by atoms with Gasteiger partial charge in [-0.15, -0.1) is 0 Å². The molecule has 0 atom stereocenters. The normalized spacial score (nSPS) is 11.7. The molecule has 3 N–H and O–H groups in total. The van der Waals surface area contributed by atoms with Crippen LogP contribution in [0.25, 0.3) is 0 Å². The molecule has 0 unspecified atom stereocenters. The highest BCUT2D eigenvalue weighted by atomic mass is 32.2. The van der Waals surface area contributed by atoms with Crippen LogP contribution in [0.1, 0.15) is 17.0 Å². The van der Waals surface area contributed by atoms with E-state index in [2.05, 4.69) is 25.2 Å². The average Bonchev–Trinajstić information content (AvgIpc) is 2.86. The summed E-state index contributed by atoms with van der Waals surface area (Å²) in [6.45, 7) is 2.43. The smallest absolute Gasteiger partial charge is 0.258 e. The van der Waals surface area contributed by atoms with Gasteiger partial charge in [-0.3, -0.25) is 10.1 Å². The minimum atomic E-state index is -3.63. The van der Waals surface area contributed by atoms with Crippen molar-refractivity contribution in [2.24, 2.45) is 0 Å². The molecule has 2 aromatic rings. The van der Waals surface area contributed by atoms with Crippen LogP contribution in [0.5, 0.6) is 0 Å². The Morgan fingerprint density at radius 2 is 2.10 bits per heavy atom. The summed E-state index contributed by atoms with van der Waals surface area (Å²) in [5.74, 6) is 0. The number of aryl methyl sites for hydroxylation is 1. The number of rotatable bonds is 6. The molecule has 0 saturated heterocycles. The molecular formula is C12H17N5O2S. The molecule has 7 nitrogen and oxygen atoms in total. The standard InChI is InChI=1S/C12H17N5O2S/c1-9-4-3-5-11(16-9)8-15-20(18,19)12-10(6-13-2)7-14-17-12/h3-5,7,13,15H,6,8H2,1-2H3,(H,14,17). The lowest BCUT2D eigenvalue weighted by molar-refractivity contribution is 0.574. The van der Waals surface area contributed by atoms with Crippen molar-refractivity contribution in [3.63, 3.8) is 0 Å². The van der Waals surface area contributed by atoms with Gasteiger partial charge in [-0.25, -0.2) is 13.1 Å². The Hall–Kier alpha value is -1.77. The van der Waals surface area contributed by atoms with E-state index in [0.717, 1.165) is 5.69 Å². The molecule has 0 fully saturated rings. The second kappa shape index (κ2) is 6.12. The van der Waals surface area contributed by atoms with Gasteiger partial charge in [-0.05, 0) is 26.1 Å². The average molecular weight is 295 g/mol. The van der Waals surface area contributed by atoms with Gasteiger partial charge >= 0.3 is 0 Å². The Kier molecular flexibility index (Phi) is 4.48. The van der Waals surface area contributed by atoms with Crippen molar-refractivity contribution in [1.82, 2.24) is 25.2 Å². The second-order valence-corrected chi connectivity index (χ2v) is 6.05. The van der Waals surface area contributed by atoms with E-state index >= 15 is 0 Å². The van der Waals surface area contributed by atoms with Crippen molar-refractivity contribution in [2.75, 3.05) is 7.05 Å². The quantitative estimate of drug-likeness (QED) is 0.712. The number of pyridine rings is 1. The number of H-pyrrole nitrogens is 1. The van der Waals surface area contributed by atoms with Crippen molar-refractivity contribution in [3.05, 3.63) is 41.3 Å². The van der Waals surface area contributed by atoms with Crippen molar-refractivity contribution >= 4 is 10.0 Å². The van der Waals surface area contributed by atoms with E-state index in [4.69, 9.17) is 0 Å². The Morgan fingerprint density at radius 3 is 2.80 bits per heavy atom. The van der Waals surface area contributed by atoms with Crippen molar-refractivity contribution in [2.45, 2.75) is 25.0 Å². The van der Waals surface area contributed by atoms with Gasteiger partial charge in [0.1, 0.15) is 0 Å². The predicted octanol–water partition coefficient (Wildman–Crippen LogP) is 0.311. The zero-order valence-electron chi connectivity index (χ0n) is 11.3. The fourth-order valence-corrected chi connectivity index (χ4v) is 2.91. The maximum Gasteiger partial charge on any atom is 0.258 e. The summed E-state index contributed by atoms with van der Waals surface area (Å²) >= 11 is 0. The van der Waals surface area contributed by atoms with Crippen molar-refractivity contribution in [1.29, 1.82) is 0 Å². The van der Waals surface area contributed by atoms with Crippen LogP contribution >= 0.6 is 0 Å². The van der Waals surface area contributed by atoms with Crippen LogP contribution in [-0.2, 0) is 23.1 Å². The first-order chi connectivity index (χ1) is 9.53. The number of nitrogens with zero attached hydrogens (tertiary/aromatic N) is 2. The van der Waals surface area contributed by atoms with Crippen molar-refractivity contribution in [3.8, 4) is 0 Å². The first-order valence-electron chi connectivity index (χ1n) is 6.12. The Bertz CT molecular complexity index is 681. The lowest BCUT2D eigenvalue weighted by atomic mass is 10.3. The zero-order valence-corrected chi connectivity index (χ0v) is 12.2. The fourth-order valence-electron chi connectivity index (χ4n) is 1.79. The van der Waals surface area contributed by atoms with Crippen molar-refractivity contribution < 1.29 is 8.42 Å². The highest BCUT2D eigenvalue weighted by molar-refractivity contribution is 7.89. The van der Waals surface area contributed by atoms with Crippen LogP contribution in [0, 0.1) is 6.92 Å². The molecule has 0 aromatic carbocycles. The van der Waals surface area contributed by atoms with Crippen LogP contribution in [-0.4, -0.2) is 30.6 Å². The van der Waals surface area contributed by atoms with E-state index in [1.807, 2.05) is 19.1 Å². The second-order valence-electron chi connectivity index (χ2n) is 4.35. The van der Waals surface area contributed by atoms with Gasteiger partial charge in [0, 0.05) is 17.8 Å². The summed E-state index contributed by atoms with van der Waals surface area (Å²) in [6.07, 6.45) is 1.50. The molecule has 2 aromatic heterocycles. The van der Waals surface area contributed by atoms with Crippen LogP contribution in [0.2, 0.25) is 0 Å². The van der Waals surface area contributed by atoms with Gasteiger partial charge in [-0.1, -0.05) is 6.07 Å². The maximum atomic E-state index is 12.2. The summed E-state index contributed by atoms with van der Waals surface area (Å²) in [7, 11) is -1.89. The predicted molar refractivity (Wildman–Crippen MR) is 74.4 cm³/mol. The van der Waals surface area contributed by atoms with Crippen LogP contribution in [0.15, 0.2) is 29.4 Å². The van der Waals surface area contributed by atoms with Gasteiger partial charge < -0.3 is 5.32 Å². The summed E-state index contributed by atoms with van der Waals surface area (Å²) in [5.41, 5.74) is 2.11. The monoisotopic (exact) mass is 295 g/mol. The van der Waals surface area contributed by atoms with E-state index in [-0.39, 0.29) is 11.6 Å². The van der Waals surface area contributed by atoms with E-state index in [1.54, 1.807) is 13.1 Å². The lowest BCUT2D eigenvalue weighted by Gasteiger charge is -2.07. The number of nitrogens with one attached hydrogen (secondary N) is 3. The lowest BCUT2D eigenvalue weighted by Crippen LogP contribution is -2.25. The summed E-state index contributed by atoms with van der Waals surface area (Å²) in [4.78, 5) is 4.25. The van der Waals surface area contributed by atoms with Gasteiger partial charge in [0.2, 0.25) is 0 Å². The van der Waals surface area contributed by atoms with E-state index in [0.29, 0.717) is 17.8 Å². The van der Waals surface area contributed by atoms with Crippen LogP contribution in [0.4, 0.5) is 0 Å². The fraction of sp³-hybridized carbons (Fsp3) is 0.333. The topological polar surface area (TPSA) is 99.8 Å². The number of aromatic amines is 1. The van der Waals surface area contributed by atoms with Gasteiger partial charge in [0.05, 0.1) is 18.4 Å². The third kappa shape index (κ3) is 3.41. The van der Waals surface area contributed by atoms with Gasteiger partial charge in [0.25, 0.3) is 10.0 Å². The Labute approximate surface area is 117 Å². The largest absolute Gasteiger partial charge is 0.316 e.